The summed E-state index contributed by atoms with van der Waals surface area (Å²) in [6, 6.07) is 6.34. The van der Waals surface area contributed by atoms with Crippen molar-refractivity contribution < 1.29 is 41.1 Å². The Balaban J connectivity index is 1.59. The zero-order chi connectivity index (χ0) is 28.1. The molecule has 1 saturated heterocycles. The minimum Gasteiger partial charge on any atom is -0.368 e. The largest absolute Gasteiger partial charge is 0.416 e. The molecule has 2 aliphatic rings. The van der Waals surface area contributed by atoms with Gasteiger partial charge < -0.3 is 20.7 Å². The van der Waals surface area contributed by atoms with Gasteiger partial charge in [-0.15, -0.1) is 0 Å². The second-order valence-corrected chi connectivity index (χ2v) is 9.28. The van der Waals surface area contributed by atoms with Gasteiger partial charge in [-0.1, -0.05) is 11.6 Å². The molecule has 0 radical (unpaired) electrons. The van der Waals surface area contributed by atoms with Crippen LogP contribution >= 0.6 is 11.6 Å². The monoisotopic (exact) mass is 565 g/mol. The van der Waals surface area contributed by atoms with Crippen LogP contribution in [0.25, 0.3) is 0 Å². The summed E-state index contributed by atoms with van der Waals surface area (Å²) in [5.74, 6) is -4.24. The summed E-state index contributed by atoms with van der Waals surface area (Å²) in [6.45, 7) is 0.398. The molecule has 0 aliphatic carbocycles. The molecule has 202 valence electrons. The summed E-state index contributed by atoms with van der Waals surface area (Å²) >= 11 is 6.25. The first-order valence-electron chi connectivity index (χ1n) is 11.5. The first-order valence-corrected chi connectivity index (χ1v) is 11.8. The Labute approximate surface area is 222 Å². The van der Waals surface area contributed by atoms with Crippen molar-refractivity contribution >= 4 is 40.7 Å². The van der Waals surface area contributed by atoms with Gasteiger partial charge in [0.1, 0.15) is 17.7 Å². The summed E-state index contributed by atoms with van der Waals surface area (Å²) in [6.07, 6.45) is -5.15. The molecule has 3 amide bonds. The highest BCUT2D eigenvalue weighted by atomic mass is 35.5. The van der Waals surface area contributed by atoms with E-state index in [2.05, 4.69) is 16.0 Å². The molecule has 5 rings (SSSR count). The molecule has 3 N–H and O–H groups in total. The number of ether oxygens (including phenoxy) is 1. The standard InChI is InChI=1S/C26H17ClF5N3O4/c27-18-2-1-13(28)8-16(18)22-21-17(24(37)35-22)9-15(33-25(38)20-3-4-39-20)10-19(21)34-23(36)11-5-12(26(30,31)32)7-14(29)6-11/h1-2,5-10,20,22H,3-4H2,(H,33,38)(H,34,36)(H,35,37). The second kappa shape index (κ2) is 9.93. The average Bonchev–Trinajstić information content (AvgIpc) is 3.15. The van der Waals surface area contributed by atoms with Crippen molar-refractivity contribution in [2.24, 2.45) is 0 Å². The van der Waals surface area contributed by atoms with Crippen LogP contribution in [0, 0.1) is 11.6 Å². The van der Waals surface area contributed by atoms with Crippen LogP contribution in [0.4, 0.5) is 33.3 Å². The molecule has 7 nitrogen and oxygen atoms in total. The summed E-state index contributed by atoms with van der Waals surface area (Å²) in [5.41, 5.74) is -1.82. The predicted octanol–water partition coefficient (Wildman–Crippen LogP) is 5.45. The molecule has 2 aliphatic heterocycles. The second-order valence-electron chi connectivity index (χ2n) is 8.88. The SMILES string of the molecule is O=C(Nc1cc(NC(=O)C2CCO2)cc2c1C(c1cc(F)ccc1Cl)NC2=O)c1cc(F)cc(C(F)(F)F)c1. The number of benzene rings is 3. The Morgan fingerprint density at radius 1 is 1.00 bits per heavy atom. The van der Waals surface area contributed by atoms with Crippen LogP contribution in [0.5, 0.6) is 0 Å². The van der Waals surface area contributed by atoms with Crippen LogP contribution in [-0.2, 0) is 15.7 Å². The number of carbonyl (C=O) groups excluding carboxylic acids is 3. The third-order valence-electron chi connectivity index (χ3n) is 6.25. The molecule has 39 heavy (non-hydrogen) atoms. The number of carbonyl (C=O) groups is 3. The van der Waals surface area contributed by atoms with E-state index in [1.165, 1.54) is 18.2 Å². The van der Waals surface area contributed by atoms with Crippen LogP contribution in [0.15, 0.2) is 48.5 Å². The average molecular weight is 566 g/mol. The topological polar surface area (TPSA) is 96.5 Å². The van der Waals surface area contributed by atoms with Crippen molar-refractivity contribution in [3.05, 3.63) is 93.0 Å². The highest BCUT2D eigenvalue weighted by molar-refractivity contribution is 6.31. The smallest absolute Gasteiger partial charge is 0.368 e. The molecule has 1 fully saturated rings. The van der Waals surface area contributed by atoms with E-state index in [9.17, 15) is 36.3 Å². The molecule has 3 aromatic rings. The fourth-order valence-corrected chi connectivity index (χ4v) is 4.55. The molecule has 2 heterocycles. The van der Waals surface area contributed by atoms with Gasteiger partial charge in [0.2, 0.25) is 0 Å². The van der Waals surface area contributed by atoms with Crippen LogP contribution in [0.2, 0.25) is 5.02 Å². The summed E-state index contributed by atoms with van der Waals surface area (Å²) in [7, 11) is 0. The van der Waals surface area contributed by atoms with E-state index in [0.29, 0.717) is 25.2 Å². The highest BCUT2D eigenvalue weighted by Gasteiger charge is 2.36. The number of rotatable bonds is 5. The fraction of sp³-hybridized carbons (Fsp3) is 0.192. The molecule has 2 unspecified atom stereocenters. The van der Waals surface area contributed by atoms with E-state index < -0.39 is 58.8 Å². The molecule has 3 aromatic carbocycles. The summed E-state index contributed by atoms with van der Waals surface area (Å²) in [5, 5.41) is 7.70. The van der Waals surface area contributed by atoms with E-state index in [0.717, 1.165) is 12.1 Å². The number of amides is 3. The zero-order valence-corrected chi connectivity index (χ0v) is 20.3. The molecule has 2 atom stereocenters. The molecule has 0 bridgehead atoms. The minimum absolute atomic E-state index is 0.0156. The Hall–Kier alpha value is -4.03. The maximum atomic E-state index is 14.1. The highest BCUT2D eigenvalue weighted by Crippen LogP contribution is 2.41. The summed E-state index contributed by atoms with van der Waals surface area (Å²) < 4.78 is 72.8. The number of anilines is 2. The summed E-state index contributed by atoms with van der Waals surface area (Å²) in [4.78, 5) is 38.4. The Bertz CT molecular complexity index is 1520. The fourth-order valence-electron chi connectivity index (χ4n) is 4.32. The lowest BCUT2D eigenvalue weighted by atomic mass is 9.95. The van der Waals surface area contributed by atoms with Gasteiger partial charge in [0.05, 0.1) is 18.2 Å². The number of hydrogen-bond acceptors (Lipinski definition) is 4. The number of fused-ring (bicyclic) bond motifs is 1. The normalized spacial score (nSPS) is 18.2. The van der Waals surface area contributed by atoms with Crippen molar-refractivity contribution in [2.45, 2.75) is 24.7 Å². The lowest BCUT2D eigenvalue weighted by Crippen LogP contribution is -2.38. The van der Waals surface area contributed by atoms with Crippen LogP contribution < -0.4 is 16.0 Å². The molecule has 0 spiro atoms. The van der Waals surface area contributed by atoms with Crippen molar-refractivity contribution in [2.75, 3.05) is 17.2 Å². The first kappa shape index (κ1) is 26.6. The third-order valence-corrected chi connectivity index (χ3v) is 6.60. The van der Waals surface area contributed by atoms with Crippen LogP contribution in [0.3, 0.4) is 0 Å². The zero-order valence-electron chi connectivity index (χ0n) is 19.6. The van der Waals surface area contributed by atoms with Gasteiger partial charge in [-0.2, -0.15) is 13.2 Å². The molecular weight excluding hydrogens is 549 g/mol. The lowest BCUT2D eigenvalue weighted by molar-refractivity contribution is -0.139. The maximum absolute atomic E-state index is 14.1. The Morgan fingerprint density at radius 3 is 2.41 bits per heavy atom. The van der Waals surface area contributed by atoms with Gasteiger partial charge in [-0.25, -0.2) is 8.78 Å². The van der Waals surface area contributed by atoms with E-state index in [1.54, 1.807) is 0 Å². The van der Waals surface area contributed by atoms with Crippen molar-refractivity contribution in [1.82, 2.24) is 5.32 Å². The number of alkyl halides is 3. The van der Waals surface area contributed by atoms with Crippen molar-refractivity contribution in [3.8, 4) is 0 Å². The molecule has 0 aromatic heterocycles. The number of nitrogens with one attached hydrogen (secondary N) is 3. The maximum Gasteiger partial charge on any atom is 0.416 e. The molecule has 13 heteroatoms. The van der Waals surface area contributed by atoms with Crippen LogP contribution in [-0.4, -0.2) is 30.4 Å². The quantitative estimate of drug-likeness (QED) is 0.359. The molecule has 0 saturated carbocycles. The van der Waals surface area contributed by atoms with Crippen molar-refractivity contribution in [1.29, 1.82) is 0 Å². The van der Waals surface area contributed by atoms with Gasteiger partial charge in [0.15, 0.2) is 0 Å². The Morgan fingerprint density at radius 2 is 1.74 bits per heavy atom. The van der Waals surface area contributed by atoms with Crippen molar-refractivity contribution in [3.63, 3.8) is 0 Å². The lowest BCUT2D eigenvalue weighted by Gasteiger charge is -2.25. The van der Waals surface area contributed by atoms with Gasteiger partial charge in [-0.3, -0.25) is 14.4 Å². The predicted molar refractivity (Wildman–Crippen MR) is 130 cm³/mol. The van der Waals surface area contributed by atoms with E-state index in [-0.39, 0.29) is 39.2 Å². The van der Waals surface area contributed by atoms with Gasteiger partial charge >= 0.3 is 6.18 Å². The Kier molecular flexibility index (Phi) is 6.77. The van der Waals surface area contributed by atoms with Gasteiger partial charge in [-0.05, 0) is 48.5 Å². The van der Waals surface area contributed by atoms with E-state index in [4.69, 9.17) is 16.3 Å². The van der Waals surface area contributed by atoms with Gasteiger partial charge in [0, 0.05) is 45.1 Å². The minimum atomic E-state index is -4.91. The van der Waals surface area contributed by atoms with Crippen LogP contribution in [0.1, 0.15) is 49.9 Å². The number of hydrogen-bond donors (Lipinski definition) is 3. The number of halogens is 6. The first-order chi connectivity index (χ1) is 18.4. The van der Waals surface area contributed by atoms with E-state index in [1.807, 2.05) is 0 Å². The third kappa shape index (κ3) is 5.30. The van der Waals surface area contributed by atoms with E-state index >= 15 is 0 Å². The molecular formula is C26H17ClF5N3O4. The van der Waals surface area contributed by atoms with Gasteiger partial charge in [0.25, 0.3) is 17.7 Å².